The van der Waals surface area contributed by atoms with Gasteiger partial charge in [-0.3, -0.25) is 9.67 Å². The van der Waals surface area contributed by atoms with Gasteiger partial charge in [0.05, 0.1) is 11.9 Å². The molecule has 2 N–H and O–H groups in total. The summed E-state index contributed by atoms with van der Waals surface area (Å²) in [5.41, 5.74) is 1.26. The maximum absolute atomic E-state index is 12.1. The van der Waals surface area contributed by atoms with Gasteiger partial charge >= 0.3 is 0 Å². The third-order valence-corrected chi connectivity index (χ3v) is 6.90. The molecule has 3 rings (SSSR count). The average Bonchev–Trinajstić information content (AvgIpc) is 3.19. The highest BCUT2D eigenvalue weighted by molar-refractivity contribution is 14.0. The third-order valence-electron chi connectivity index (χ3n) is 5.55. The van der Waals surface area contributed by atoms with E-state index in [1.807, 2.05) is 17.9 Å². The summed E-state index contributed by atoms with van der Waals surface area (Å²) in [7, 11) is 0.461. The lowest BCUT2D eigenvalue weighted by molar-refractivity contribution is 0.316. The van der Waals surface area contributed by atoms with Crippen molar-refractivity contribution in [3.05, 3.63) is 18.0 Å². The van der Waals surface area contributed by atoms with Gasteiger partial charge in [-0.05, 0) is 43.1 Å². The Morgan fingerprint density at radius 2 is 2.11 bits per heavy atom. The summed E-state index contributed by atoms with van der Waals surface area (Å²) >= 11 is 0. The maximum Gasteiger partial charge on any atom is 0.213 e. The predicted molar refractivity (Wildman–Crippen MR) is 122 cm³/mol. The summed E-state index contributed by atoms with van der Waals surface area (Å²) in [6.45, 7) is 2.83. The van der Waals surface area contributed by atoms with E-state index in [1.165, 1.54) is 12.0 Å². The largest absolute Gasteiger partial charge is 0.355 e. The fourth-order valence-corrected chi connectivity index (χ4v) is 4.75. The summed E-state index contributed by atoms with van der Waals surface area (Å²) in [4.78, 5) is 6.55. The second kappa shape index (κ2) is 10.8. The van der Waals surface area contributed by atoms with Crippen LogP contribution in [0.5, 0.6) is 0 Å². The summed E-state index contributed by atoms with van der Waals surface area (Å²) in [5.74, 6) is 1.96. The summed E-state index contributed by atoms with van der Waals surface area (Å²) in [6.07, 6.45) is 9.62. The predicted octanol–water partition coefficient (Wildman–Crippen LogP) is 1.20. The van der Waals surface area contributed by atoms with Gasteiger partial charge in [0.25, 0.3) is 0 Å². The molecule has 1 aliphatic heterocycles. The fraction of sp³-hybridized carbons (Fsp3) is 0.778. The van der Waals surface area contributed by atoms with Gasteiger partial charge in [-0.25, -0.2) is 13.1 Å². The number of nitrogens with zero attached hydrogens (tertiary/aromatic N) is 4. The molecule has 2 heterocycles. The van der Waals surface area contributed by atoms with Crippen molar-refractivity contribution in [2.24, 2.45) is 23.9 Å². The third kappa shape index (κ3) is 6.87. The highest BCUT2D eigenvalue weighted by Crippen LogP contribution is 2.25. The zero-order valence-electron chi connectivity index (χ0n) is 16.8. The molecule has 10 heteroatoms. The lowest BCUT2D eigenvalue weighted by Crippen LogP contribution is -2.43. The van der Waals surface area contributed by atoms with Crippen LogP contribution in [0.2, 0.25) is 0 Å². The first-order valence-corrected chi connectivity index (χ1v) is 11.5. The van der Waals surface area contributed by atoms with Gasteiger partial charge in [0.2, 0.25) is 10.0 Å². The standard InChI is InChI=1S/C18H32N6O2S.HI/c1-19-18(20-7-9-27(25,26)22-12-15-4-3-5-15)24-8-6-16(14-24)10-17-11-21-23(2)13-17;/h11,13,15-16,22H,3-10,12,14H2,1-2H3,(H,19,20);1H. The topological polar surface area (TPSA) is 91.6 Å². The number of likely N-dealkylation sites (tertiary alicyclic amines) is 1. The molecule has 0 amide bonds. The van der Waals surface area contributed by atoms with Crippen LogP contribution < -0.4 is 10.0 Å². The second-order valence-electron chi connectivity index (χ2n) is 7.77. The van der Waals surface area contributed by atoms with Crippen molar-refractivity contribution in [3.63, 3.8) is 0 Å². The quantitative estimate of drug-likeness (QED) is 0.303. The minimum atomic E-state index is -3.22. The Labute approximate surface area is 185 Å². The Hall–Kier alpha value is -0.880. The Bertz CT molecular complexity index is 747. The smallest absolute Gasteiger partial charge is 0.213 e. The molecule has 1 saturated heterocycles. The van der Waals surface area contributed by atoms with Crippen LogP contribution >= 0.6 is 24.0 Å². The van der Waals surface area contributed by atoms with E-state index < -0.39 is 10.0 Å². The molecule has 0 radical (unpaired) electrons. The van der Waals surface area contributed by atoms with Gasteiger partial charge in [-0.15, -0.1) is 24.0 Å². The van der Waals surface area contributed by atoms with Crippen LogP contribution in [0, 0.1) is 11.8 Å². The van der Waals surface area contributed by atoms with E-state index in [0.717, 1.165) is 44.7 Å². The SMILES string of the molecule is CN=C(NCCS(=O)(=O)NCC1CCC1)N1CCC(Cc2cnn(C)c2)C1.I. The molecular weight excluding hydrogens is 491 g/mol. The first-order valence-electron chi connectivity index (χ1n) is 9.85. The minimum absolute atomic E-state index is 0. The fourth-order valence-electron chi connectivity index (χ4n) is 3.75. The molecule has 2 aliphatic rings. The molecule has 1 atom stereocenters. The van der Waals surface area contributed by atoms with Crippen molar-refractivity contribution in [1.29, 1.82) is 0 Å². The van der Waals surface area contributed by atoms with E-state index in [1.54, 1.807) is 7.05 Å². The Kier molecular flexibility index (Phi) is 9.00. The Morgan fingerprint density at radius 3 is 2.71 bits per heavy atom. The number of rotatable bonds is 8. The molecule has 1 saturated carbocycles. The van der Waals surface area contributed by atoms with E-state index in [2.05, 4.69) is 31.2 Å². The summed E-state index contributed by atoms with van der Waals surface area (Å²) in [5, 5.41) is 7.44. The molecule has 8 nitrogen and oxygen atoms in total. The van der Waals surface area contributed by atoms with E-state index in [-0.39, 0.29) is 29.7 Å². The normalized spacial score (nSPS) is 20.7. The molecule has 0 spiro atoms. The molecule has 1 aromatic heterocycles. The number of aromatic nitrogens is 2. The number of hydrogen-bond acceptors (Lipinski definition) is 4. The Morgan fingerprint density at radius 1 is 1.32 bits per heavy atom. The maximum atomic E-state index is 12.1. The number of guanidine groups is 1. The first kappa shape index (κ1) is 23.4. The van der Waals surface area contributed by atoms with E-state index in [4.69, 9.17) is 0 Å². The zero-order chi connectivity index (χ0) is 19.3. The van der Waals surface area contributed by atoms with Gasteiger partial charge in [0.15, 0.2) is 5.96 Å². The van der Waals surface area contributed by atoms with Crippen LogP contribution in [0.3, 0.4) is 0 Å². The van der Waals surface area contributed by atoms with Crippen LogP contribution in [0.4, 0.5) is 0 Å². The lowest BCUT2D eigenvalue weighted by atomic mass is 9.86. The van der Waals surface area contributed by atoms with Crippen LogP contribution in [0.1, 0.15) is 31.2 Å². The number of aliphatic imine (C=N–C) groups is 1. The number of sulfonamides is 1. The molecule has 2 fully saturated rings. The van der Waals surface area contributed by atoms with Crippen molar-refractivity contribution < 1.29 is 8.42 Å². The van der Waals surface area contributed by atoms with Crippen LogP contribution in [0.15, 0.2) is 17.4 Å². The monoisotopic (exact) mass is 524 g/mol. The van der Waals surface area contributed by atoms with Gasteiger partial charge in [-0.1, -0.05) is 6.42 Å². The lowest BCUT2D eigenvalue weighted by Gasteiger charge is -2.25. The van der Waals surface area contributed by atoms with Crippen LogP contribution in [0.25, 0.3) is 0 Å². The summed E-state index contributed by atoms with van der Waals surface area (Å²) < 4.78 is 28.8. The summed E-state index contributed by atoms with van der Waals surface area (Å²) in [6, 6.07) is 0. The van der Waals surface area contributed by atoms with Crippen LogP contribution in [-0.4, -0.2) is 68.0 Å². The van der Waals surface area contributed by atoms with Gasteiger partial charge in [0.1, 0.15) is 0 Å². The molecule has 1 aliphatic carbocycles. The number of nitrogens with one attached hydrogen (secondary N) is 2. The molecule has 0 aromatic carbocycles. The van der Waals surface area contributed by atoms with Crippen LogP contribution in [-0.2, 0) is 23.5 Å². The van der Waals surface area contributed by atoms with Gasteiger partial charge < -0.3 is 10.2 Å². The minimum Gasteiger partial charge on any atom is -0.355 e. The molecule has 0 bridgehead atoms. The highest BCUT2D eigenvalue weighted by Gasteiger charge is 2.26. The van der Waals surface area contributed by atoms with Crippen molar-refractivity contribution in [2.45, 2.75) is 32.1 Å². The van der Waals surface area contributed by atoms with Crippen molar-refractivity contribution >= 4 is 40.0 Å². The molecule has 160 valence electrons. The Balaban J connectivity index is 0.00000280. The first-order chi connectivity index (χ1) is 12.9. The van der Waals surface area contributed by atoms with E-state index >= 15 is 0 Å². The molecule has 28 heavy (non-hydrogen) atoms. The second-order valence-corrected chi connectivity index (χ2v) is 9.69. The zero-order valence-corrected chi connectivity index (χ0v) is 19.9. The van der Waals surface area contributed by atoms with Crippen molar-refractivity contribution in [1.82, 2.24) is 24.7 Å². The van der Waals surface area contributed by atoms with E-state index in [0.29, 0.717) is 24.9 Å². The molecule has 1 aromatic rings. The molecule has 1 unspecified atom stereocenters. The number of halogens is 1. The average molecular weight is 524 g/mol. The van der Waals surface area contributed by atoms with Crippen molar-refractivity contribution in [2.75, 3.05) is 39.0 Å². The van der Waals surface area contributed by atoms with Gasteiger partial charge in [0, 0.05) is 46.5 Å². The van der Waals surface area contributed by atoms with Gasteiger partial charge in [-0.2, -0.15) is 5.10 Å². The number of hydrogen-bond donors (Lipinski definition) is 2. The highest BCUT2D eigenvalue weighted by atomic mass is 127. The van der Waals surface area contributed by atoms with Crippen molar-refractivity contribution in [3.8, 4) is 0 Å². The van der Waals surface area contributed by atoms with E-state index in [9.17, 15) is 8.42 Å². The number of aryl methyl sites for hydroxylation is 1. The molecular formula is C18H33IN6O2S.